The first-order chi connectivity index (χ1) is 11.8. The van der Waals surface area contributed by atoms with E-state index in [0.29, 0.717) is 6.10 Å². The summed E-state index contributed by atoms with van der Waals surface area (Å²) in [5, 5.41) is 6.85. The summed E-state index contributed by atoms with van der Waals surface area (Å²) < 4.78 is 11.2. The van der Waals surface area contributed by atoms with Gasteiger partial charge in [0.2, 0.25) is 0 Å². The molecular formula is C19H35N3O2. The van der Waals surface area contributed by atoms with Crippen LogP contribution in [0.3, 0.4) is 0 Å². The van der Waals surface area contributed by atoms with Crippen molar-refractivity contribution in [1.29, 1.82) is 0 Å². The van der Waals surface area contributed by atoms with Crippen molar-refractivity contribution in [1.82, 2.24) is 10.6 Å². The number of guanidine groups is 1. The summed E-state index contributed by atoms with van der Waals surface area (Å²) >= 11 is 0. The molecule has 5 heteroatoms. The van der Waals surface area contributed by atoms with Crippen molar-refractivity contribution in [3.05, 3.63) is 0 Å². The monoisotopic (exact) mass is 337 g/mol. The SMILES string of the molecule is CN=C(NCCCOCC1CCCO1)NCCC1CC2CCC1C2. The first-order valence-corrected chi connectivity index (χ1v) is 9.99. The molecule has 3 aliphatic rings. The first-order valence-electron chi connectivity index (χ1n) is 9.99. The van der Waals surface area contributed by atoms with Gasteiger partial charge in [-0.3, -0.25) is 4.99 Å². The van der Waals surface area contributed by atoms with E-state index in [4.69, 9.17) is 9.47 Å². The van der Waals surface area contributed by atoms with Crippen molar-refractivity contribution < 1.29 is 9.47 Å². The number of hydrogen-bond donors (Lipinski definition) is 2. The van der Waals surface area contributed by atoms with Crippen molar-refractivity contribution in [2.45, 2.75) is 57.5 Å². The third-order valence-electron chi connectivity index (χ3n) is 6.00. The molecule has 2 N–H and O–H groups in total. The summed E-state index contributed by atoms with van der Waals surface area (Å²) in [6.07, 6.45) is 10.9. The minimum absolute atomic E-state index is 0.332. The molecule has 2 aliphatic carbocycles. The van der Waals surface area contributed by atoms with Gasteiger partial charge in [-0.25, -0.2) is 0 Å². The molecule has 4 atom stereocenters. The molecule has 0 spiro atoms. The van der Waals surface area contributed by atoms with Gasteiger partial charge in [-0.15, -0.1) is 0 Å². The van der Waals surface area contributed by atoms with Crippen LogP contribution in [0, 0.1) is 17.8 Å². The molecule has 1 saturated heterocycles. The van der Waals surface area contributed by atoms with E-state index < -0.39 is 0 Å². The van der Waals surface area contributed by atoms with Crippen LogP contribution in [0.5, 0.6) is 0 Å². The highest BCUT2D eigenvalue weighted by molar-refractivity contribution is 5.79. The molecule has 1 aliphatic heterocycles. The van der Waals surface area contributed by atoms with E-state index in [0.717, 1.165) is 69.5 Å². The smallest absolute Gasteiger partial charge is 0.190 e. The molecule has 0 aromatic carbocycles. The van der Waals surface area contributed by atoms with E-state index in [1.165, 1.54) is 38.5 Å². The topological polar surface area (TPSA) is 54.9 Å². The molecule has 2 bridgehead atoms. The van der Waals surface area contributed by atoms with Crippen LogP contribution in [0.2, 0.25) is 0 Å². The zero-order valence-corrected chi connectivity index (χ0v) is 15.3. The van der Waals surface area contributed by atoms with Gasteiger partial charge in [-0.05, 0) is 62.7 Å². The van der Waals surface area contributed by atoms with Crippen LogP contribution in [-0.2, 0) is 9.47 Å². The van der Waals surface area contributed by atoms with Gasteiger partial charge in [0.05, 0.1) is 12.7 Å². The highest BCUT2D eigenvalue weighted by Crippen LogP contribution is 2.49. The summed E-state index contributed by atoms with van der Waals surface area (Å²) in [6, 6.07) is 0. The van der Waals surface area contributed by atoms with Crippen molar-refractivity contribution in [2.75, 3.05) is 40.0 Å². The number of hydrogen-bond acceptors (Lipinski definition) is 3. The second-order valence-electron chi connectivity index (χ2n) is 7.71. The summed E-state index contributed by atoms with van der Waals surface area (Å²) in [6.45, 7) is 4.38. The van der Waals surface area contributed by atoms with Gasteiger partial charge in [-0.2, -0.15) is 0 Å². The van der Waals surface area contributed by atoms with Crippen molar-refractivity contribution >= 4 is 5.96 Å². The molecule has 2 saturated carbocycles. The summed E-state index contributed by atoms with van der Waals surface area (Å²) in [7, 11) is 1.85. The first kappa shape index (κ1) is 18.0. The number of ether oxygens (including phenoxy) is 2. The standard InChI is InChI=1S/C19H35N3O2/c1-20-19(21-8-3-10-23-14-18-4-2-11-24-18)22-9-7-17-13-15-5-6-16(17)12-15/h15-18H,2-14H2,1H3,(H2,20,21,22). The van der Waals surface area contributed by atoms with E-state index in [9.17, 15) is 0 Å². The van der Waals surface area contributed by atoms with E-state index in [1.807, 2.05) is 7.05 Å². The molecule has 0 amide bonds. The van der Waals surface area contributed by atoms with Crippen LogP contribution in [0.1, 0.15) is 51.4 Å². The lowest BCUT2D eigenvalue weighted by molar-refractivity contribution is 0.0168. The third kappa shape index (κ3) is 5.35. The highest BCUT2D eigenvalue weighted by atomic mass is 16.5. The molecule has 0 aromatic heterocycles. The Labute approximate surface area is 147 Å². The molecular weight excluding hydrogens is 302 g/mol. The molecule has 0 aromatic rings. The van der Waals surface area contributed by atoms with Crippen molar-refractivity contribution in [2.24, 2.45) is 22.7 Å². The zero-order valence-electron chi connectivity index (χ0n) is 15.3. The molecule has 4 unspecified atom stereocenters. The van der Waals surface area contributed by atoms with Crippen LogP contribution in [-0.4, -0.2) is 52.0 Å². The van der Waals surface area contributed by atoms with Crippen molar-refractivity contribution in [3.8, 4) is 0 Å². The number of aliphatic imine (C=N–C) groups is 1. The lowest BCUT2D eigenvalue weighted by Gasteiger charge is -2.22. The fourth-order valence-electron chi connectivity index (χ4n) is 4.70. The van der Waals surface area contributed by atoms with Crippen LogP contribution in [0.15, 0.2) is 4.99 Å². The summed E-state index contributed by atoms with van der Waals surface area (Å²) in [5.41, 5.74) is 0. The Morgan fingerprint density at radius 3 is 2.79 bits per heavy atom. The average Bonchev–Trinajstić information content (AvgIpc) is 3.34. The number of rotatable bonds is 9. The van der Waals surface area contributed by atoms with Crippen LogP contribution in [0.25, 0.3) is 0 Å². The van der Waals surface area contributed by atoms with Crippen LogP contribution >= 0.6 is 0 Å². The molecule has 5 nitrogen and oxygen atoms in total. The number of nitrogens with one attached hydrogen (secondary N) is 2. The van der Waals surface area contributed by atoms with E-state index in [-0.39, 0.29) is 0 Å². The van der Waals surface area contributed by atoms with Gasteiger partial charge in [-0.1, -0.05) is 6.42 Å². The third-order valence-corrected chi connectivity index (χ3v) is 6.00. The number of fused-ring (bicyclic) bond motifs is 2. The fraction of sp³-hybridized carbons (Fsp3) is 0.947. The van der Waals surface area contributed by atoms with Gasteiger partial charge in [0.1, 0.15) is 0 Å². The quantitative estimate of drug-likeness (QED) is 0.386. The maximum atomic E-state index is 5.68. The fourth-order valence-corrected chi connectivity index (χ4v) is 4.70. The van der Waals surface area contributed by atoms with Gasteiger partial charge in [0.15, 0.2) is 5.96 Å². The maximum Gasteiger partial charge on any atom is 0.190 e. The van der Waals surface area contributed by atoms with Crippen LogP contribution < -0.4 is 10.6 Å². The molecule has 3 rings (SSSR count). The summed E-state index contributed by atoms with van der Waals surface area (Å²) in [5.74, 6) is 3.96. The Morgan fingerprint density at radius 1 is 1.17 bits per heavy atom. The van der Waals surface area contributed by atoms with Crippen LogP contribution in [0.4, 0.5) is 0 Å². The normalized spacial score (nSPS) is 32.5. The Bertz CT molecular complexity index is 396. The molecule has 3 fully saturated rings. The van der Waals surface area contributed by atoms with Crippen molar-refractivity contribution in [3.63, 3.8) is 0 Å². The molecule has 24 heavy (non-hydrogen) atoms. The Kier molecular flexibility index (Phi) is 7.21. The van der Waals surface area contributed by atoms with Gasteiger partial charge in [0, 0.05) is 33.4 Å². The Balaban J connectivity index is 1.18. The maximum absolute atomic E-state index is 5.68. The number of nitrogens with zero attached hydrogens (tertiary/aromatic N) is 1. The minimum Gasteiger partial charge on any atom is -0.379 e. The Morgan fingerprint density at radius 2 is 2.08 bits per heavy atom. The zero-order chi connectivity index (χ0) is 16.6. The average molecular weight is 338 g/mol. The lowest BCUT2D eigenvalue weighted by atomic mass is 9.86. The largest absolute Gasteiger partial charge is 0.379 e. The lowest BCUT2D eigenvalue weighted by Crippen LogP contribution is -2.39. The van der Waals surface area contributed by atoms with E-state index >= 15 is 0 Å². The van der Waals surface area contributed by atoms with Gasteiger partial charge in [0.25, 0.3) is 0 Å². The second-order valence-corrected chi connectivity index (χ2v) is 7.71. The minimum atomic E-state index is 0.332. The van der Waals surface area contributed by atoms with E-state index in [2.05, 4.69) is 15.6 Å². The predicted octanol–water partition coefficient (Wildman–Crippen LogP) is 2.56. The molecule has 138 valence electrons. The highest BCUT2D eigenvalue weighted by Gasteiger charge is 2.38. The molecule has 0 radical (unpaired) electrons. The van der Waals surface area contributed by atoms with E-state index in [1.54, 1.807) is 0 Å². The Hall–Kier alpha value is -0.810. The molecule has 1 heterocycles. The summed E-state index contributed by atoms with van der Waals surface area (Å²) in [4.78, 5) is 4.31. The predicted molar refractivity (Wildman–Crippen MR) is 97.3 cm³/mol. The van der Waals surface area contributed by atoms with Gasteiger partial charge >= 0.3 is 0 Å². The second kappa shape index (κ2) is 9.62. The van der Waals surface area contributed by atoms with Gasteiger partial charge < -0.3 is 20.1 Å².